The summed E-state index contributed by atoms with van der Waals surface area (Å²) in [6.07, 6.45) is 9.72. The minimum Gasteiger partial charge on any atom is -0.313 e. The molecule has 112 valence electrons. The number of nitrogens with zero attached hydrogens (tertiary/aromatic N) is 1. The second kappa shape index (κ2) is 7.08. The minimum atomic E-state index is 0.761. The number of piperidine rings is 1. The summed E-state index contributed by atoms with van der Waals surface area (Å²) in [4.78, 5) is 2.66. The normalized spacial score (nSPS) is 34.4. The molecule has 2 bridgehead atoms. The molecule has 0 saturated carbocycles. The van der Waals surface area contributed by atoms with Crippen LogP contribution in [0.1, 0.15) is 65.7 Å². The van der Waals surface area contributed by atoms with Gasteiger partial charge in [0.2, 0.25) is 0 Å². The maximum absolute atomic E-state index is 3.89. The lowest BCUT2D eigenvalue weighted by Gasteiger charge is -2.42. The van der Waals surface area contributed by atoms with Gasteiger partial charge in [-0.25, -0.2) is 0 Å². The van der Waals surface area contributed by atoms with Crippen LogP contribution in [0.5, 0.6) is 0 Å². The van der Waals surface area contributed by atoms with Gasteiger partial charge in [-0.3, -0.25) is 0 Å². The molecule has 19 heavy (non-hydrogen) atoms. The Morgan fingerprint density at radius 2 is 1.74 bits per heavy atom. The van der Waals surface area contributed by atoms with E-state index in [-0.39, 0.29) is 0 Å². The first-order valence-electron chi connectivity index (χ1n) is 8.62. The first-order valence-corrected chi connectivity index (χ1v) is 8.62. The molecule has 2 saturated heterocycles. The van der Waals surface area contributed by atoms with Crippen molar-refractivity contribution in [2.75, 3.05) is 13.6 Å². The SMILES string of the molecule is CCCNC(C(C)CCC)C1CC2CCC(C1)N2C. The molecule has 2 aliphatic heterocycles. The average Bonchev–Trinajstić information content (AvgIpc) is 2.63. The Hall–Kier alpha value is -0.0800. The molecule has 2 aliphatic rings. The van der Waals surface area contributed by atoms with Crippen molar-refractivity contribution in [3.05, 3.63) is 0 Å². The number of fused-ring (bicyclic) bond motifs is 2. The largest absolute Gasteiger partial charge is 0.313 e. The van der Waals surface area contributed by atoms with Crippen molar-refractivity contribution in [1.29, 1.82) is 0 Å². The van der Waals surface area contributed by atoms with Gasteiger partial charge in [0.05, 0.1) is 0 Å². The molecule has 2 heterocycles. The fraction of sp³-hybridized carbons (Fsp3) is 1.00. The predicted octanol–water partition coefficient (Wildman–Crippen LogP) is 3.66. The third-order valence-corrected chi connectivity index (χ3v) is 5.63. The van der Waals surface area contributed by atoms with Crippen LogP contribution in [0.25, 0.3) is 0 Å². The number of rotatable bonds is 7. The van der Waals surface area contributed by atoms with E-state index in [4.69, 9.17) is 0 Å². The lowest BCUT2D eigenvalue weighted by Crippen LogP contribution is -2.49. The van der Waals surface area contributed by atoms with Gasteiger partial charge in [-0.2, -0.15) is 0 Å². The van der Waals surface area contributed by atoms with Crippen molar-refractivity contribution in [1.82, 2.24) is 10.2 Å². The average molecular weight is 266 g/mol. The van der Waals surface area contributed by atoms with E-state index in [1.54, 1.807) is 0 Å². The van der Waals surface area contributed by atoms with Crippen molar-refractivity contribution in [2.45, 2.75) is 83.8 Å². The quantitative estimate of drug-likeness (QED) is 0.756. The second-order valence-corrected chi connectivity index (χ2v) is 7.03. The summed E-state index contributed by atoms with van der Waals surface area (Å²) in [5, 5.41) is 3.89. The summed E-state index contributed by atoms with van der Waals surface area (Å²) >= 11 is 0. The molecule has 0 aromatic rings. The molecule has 2 heteroatoms. The molecule has 2 rings (SSSR count). The minimum absolute atomic E-state index is 0.761. The summed E-state index contributed by atoms with van der Waals surface area (Å²) in [5.41, 5.74) is 0. The van der Waals surface area contributed by atoms with Crippen molar-refractivity contribution in [2.24, 2.45) is 11.8 Å². The molecule has 4 unspecified atom stereocenters. The van der Waals surface area contributed by atoms with Crippen LogP contribution in [0.3, 0.4) is 0 Å². The van der Waals surface area contributed by atoms with E-state index >= 15 is 0 Å². The molecule has 0 spiro atoms. The van der Waals surface area contributed by atoms with Crippen LogP contribution < -0.4 is 5.32 Å². The Kier molecular flexibility index (Phi) is 5.70. The van der Waals surface area contributed by atoms with E-state index in [9.17, 15) is 0 Å². The Morgan fingerprint density at radius 1 is 1.11 bits per heavy atom. The fourth-order valence-electron chi connectivity index (χ4n) is 4.53. The van der Waals surface area contributed by atoms with Crippen LogP contribution in [0.2, 0.25) is 0 Å². The van der Waals surface area contributed by atoms with Crippen LogP contribution in [0.4, 0.5) is 0 Å². The zero-order chi connectivity index (χ0) is 13.8. The van der Waals surface area contributed by atoms with Gasteiger partial charge >= 0.3 is 0 Å². The van der Waals surface area contributed by atoms with Gasteiger partial charge in [-0.05, 0) is 64.0 Å². The van der Waals surface area contributed by atoms with E-state index in [1.807, 2.05) is 0 Å². The lowest BCUT2D eigenvalue weighted by molar-refractivity contribution is 0.0960. The Morgan fingerprint density at radius 3 is 2.26 bits per heavy atom. The summed E-state index contributed by atoms with van der Waals surface area (Å²) in [5.74, 6) is 1.76. The Labute approximate surface area is 120 Å². The van der Waals surface area contributed by atoms with Crippen LogP contribution in [0, 0.1) is 11.8 Å². The monoisotopic (exact) mass is 266 g/mol. The molecule has 2 fully saturated rings. The third-order valence-electron chi connectivity index (χ3n) is 5.63. The fourth-order valence-corrected chi connectivity index (χ4v) is 4.53. The smallest absolute Gasteiger partial charge is 0.0122 e. The van der Waals surface area contributed by atoms with Gasteiger partial charge in [-0.15, -0.1) is 0 Å². The highest BCUT2D eigenvalue weighted by Crippen LogP contribution is 2.40. The molecule has 1 N–H and O–H groups in total. The van der Waals surface area contributed by atoms with E-state index in [2.05, 4.69) is 38.0 Å². The van der Waals surface area contributed by atoms with Gasteiger partial charge in [0, 0.05) is 18.1 Å². The highest BCUT2D eigenvalue weighted by Gasteiger charge is 2.41. The highest BCUT2D eigenvalue weighted by molar-refractivity contribution is 4.97. The standard InChI is InChI=1S/C17H34N2/c1-5-7-13(3)17(18-10-6-2)14-11-15-8-9-16(12-14)19(15)4/h13-18H,5-12H2,1-4H3. The zero-order valence-electron chi connectivity index (χ0n) is 13.5. The van der Waals surface area contributed by atoms with Crippen LogP contribution in [0.15, 0.2) is 0 Å². The summed E-state index contributed by atoms with van der Waals surface area (Å²) in [6, 6.07) is 2.52. The van der Waals surface area contributed by atoms with Crippen molar-refractivity contribution < 1.29 is 0 Å². The van der Waals surface area contributed by atoms with Gasteiger partial charge in [-0.1, -0.05) is 27.2 Å². The Bertz CT molecular complexity index is 252. The lowest BCUT2D eigenvalue weighted by atomic mass is 9.78. The van der Waals surface area contributed by atoms with Gasteiger partial charge in [0.25, 0.3) is 0 Å². The maximum Gasteiger partial charge on any atom is 0.0122 e. The first kappa shape index (κ1) is 15.3. The van der Waals surface area contributed by atoms with E-state index in [0.717, 1.165) is 30.0 Å². The molecule has 0 aromatic carbocycles. The molecule has 0 radical (unpaired) electrons. The Balaban J connectivity index is 1.97. The predicted molar refractivity (Wildman–Crippen MR) is 83.5 cm³/mol. The first-order chi connectivity index (χ1) is 9.17. The molecule has 2 nitrogen and oxygen atoms in total. The number of nitrogens with one attached hydrogen (secondary N) is 1. The van der Waals surface area contributed by atoms with E-state index in [0.29, 0.717) is 0 Å². The van der Waals surface area contributed by atoms with Crippen LogP contribution in [-0.4, -0.2) is 36.6 Å². The van der Waals surface area contributed by atoms with Crippen molar-refractivity contribution >= 4 is 0 Å². The third kappa shape index (κ3) is 3.52. The van der Waals surface area contributed by atoms with Gasteiger partial charge in [0.1, 0.15) is 0 Å². The summed E-state index contributed by atoms with van der Waals surface area (Å²) in [6.45, 7) is 8.27. The van der Waals surface area contributed by atoms with Crippen molar-refractivity contribution in [3.8, 4) is 0 Å². The van der Waals surface area contributed by atoms with E-state index in [1.165, 1.54) is 51.5 Å². The maximum atomic E-state index is 3.89. The molecule has 0 aromatic heterocycles. The second-order valence-electron chi connectivity index (χ2n) is 7.03. The topological polar surface area (TPSA) is 15.3 Å². The highest BCUT2D eigenvalue weighted by atomic mass is 15.2. The summed E-state index contributed by atoms with van der Waals surface area (Å²) < 4.78 is 0. The zero-order valence-corrected chi connectivity index (χ0v) is 13.5. The van der Waals surface area contributed by atoms with Crippen LogP contribution in [-0.2, 0) is 0 Å². The molecular formula is C17H34N2. The summed E-state index contributed by atoms with van der Waals surface area (Å²) in [7, 11) is 2.35. The van der Waals surface area contributed by atoms with Crippen molar-refractivity contribution in [3.63, 3.8) is 0 Å². The van der Waals surface area contributed by atoms with Crippen LogP contribution >= 0.6 is 0 Å². The van der Waals surface area contributed by atoms with Gasteiger partial charge < -0.3 is 10.2 Å². The molecule has 0 amide bonds. The number of hydrogen-bond acceptors (Lipinski definition) is 2. The molecular weight excluding hydrogens is 232 g/mol. The molecule has 0 aliphatic carbocycles. The van der Waals surface area contributed by atoms with Gasteiger partial charge in [0.15, 0.2) is 0 Å². The van der Waals surface area contributed by atoms with E-state index < -0.39 is 0 Å². The molecule has 4 atom stereocenters. The number of hydrogen-bond donors (Lipinski definition) is 1.